The van der Waals surface area contributed by atoms with Crippen LogP contribution in [0.5, 0.6) is 0 Å². The molecule has 0 aliphatic carbocycles. The Bertz CT molecular complexity index is 834. The third kappa shape index (κ3) is 1.83. The molecule has 0 saturated carbocycles. The van der Waals surface area contributed by atoms with Crippen LogP contribution in [0.15, 0.2) is 37.9 Å². The first-order chi connectivity index (χ1) is 8.88. The van der Waals surface area contributed by atoms with Crippen molar-refractivity contribution in [1.82, 2.24) is 0 Å². The van der Waals surface area contributed by atoms with E-state index in [0.717, 1.165) is 16.3 Å². The average Bonchev–Trinajstić information content (AvgIpc) is 2.74. The van der Waals surface area contributed by atoms with E-state index >= 15 is 0 Å². The molecule has 0 radical (unpaired) electrons. The van der Waals surface area contributed by atoms with E-state index in [1.54, 1.807) is 6.07 Å². The number of rotatable bonds is 1. The van der Waals surface area contributed by atoms with E-state index in [2.05, 4.69) is 19.6 Å². The van der Waals surface area contributed by atoms with Crippen LogP contribution in [-0.2, 0) is 0 Å². The summed E-state index contributed by atoms with van der Waals surface area (Å²) in [5, 5.41) is 2.39. The Morgan fingerprint density at radius 1 is 1.11 bits per heavy atom. The maximum Gasteiger partial charge on any atom is 0.347 e. The molecule has 0 aliphatic rings. The highest BCUT2D eigenvalue weighted by atomic mass is 28.3. The average molecular weight is 272 g/mol. The SMILES string of the molecule is Cc1cccc2oc(=O)c3cc([Si](C)(C)C)oc3c12. The lowest BCUT2D eigenvalue weighted by molar-refractivity contribution is 0.566. The van der Waals surface area contributed by atoms with Crippen molar-refractivity contribution in [2.45, 2.75) is 26.6 Å². The zero-order valence-corrected chi connectivity index (χ0v) is 12.5. The number of benzene rings is 1. The van der Waals surface area contributed by atoms with Gasteiger partial charge in [0.25, 0.3) is 0 Å². The minimum Gasteiger partial charge on any atom is -0.465 e. The van der Waals surface area contributed by atoms with Gasteiger partial charge < -0.3 is 8.83 Å². The van der Waals surface area contributed by atoms with Crippen LogP contribution in [0.4, 0.5) is 0 Å². The Hall–Kier alpha value is -1.81. The van der Waals surface area contributed by atoms with Crippen molar-refractivity contribution < 1.29 is 8.83 Å². The van der Waals surface area contributed by atoms with Crippen molar-refractivity contribution in [3.8, 4) is 0 Å². The Kier molecular flexibility index (Phi) is 2.47. The van der Waals surface area contributed by atoms with Crippen LogP contribution in [0.1, 0.15) is 5.56 Å². The molecule has 19 heavy (non-hydrogen) atoms. The monoisotopic (exact) mass is 272 g/mol. The predicted octanol–water partition coefficient (Wildman–Crippen LogP) is 3.39. The third-order valence-corrected chi connectivity index (χ3v) is 5.08. The molecule has 2 aromatic heterocycles. The molecule has 2 heterocycles. The maximum absolute atomic E-state index is 12.0. The first-order valence-electron chi connectivity index (χ1n) is 6.34. The second-order valence-corrected chi connectivity index (χ2v) is 10.9. The van der Waals surface area contributed by atoms with E-state index in [9.17, 15) is 4.79 Å². The molecule has 98 valence electrons. The largest absolute Gasteiger partial charge is 0.465 e. The lowest BCUT2D eigenvalue weighted by atomic mass is 10.1. The summed E-state index contributed by atoms with van der Waals surface area (Å²) in [6.45, 7) is 8.59. The molecule has 1 aromatic carbocycles. The van der Waals surface area contributed by atoms with Crippen molar-refractivity contribution in [1.29, 1.82) is 0 Å². The summed E-state index contributed by atoms with van der Waals surface area (Å²) in [5.41, 5.74) is 2.00. The Morgan fingerprint density at radius 2 is 1.84 bits per heavy atom. The van der Waals surface area contributed by atoms with Crippen LogP contribution in [0, 0.1) is 6.92 Å². The fraction of sp³-hybridized carbons (Fsp3) is 0.267. The van der Waals surface area contributed by atoms with Gasteiger partial charge in [-0.1, -0.05) is 31.8 Å². The van der Waals surface area contributed by atoms with Crippen LogP contribution < -0.4 is 11.0 Å². The summed E-state index contributed by atoms with van der Waals surface area (Å²) < 4.78 is 11.4. The van der Waals surface area contributed by atoms with Gasteiger partial charge in [-0.05, 0) is 24.6 Å². The summed E-state index contributed by atoms with van der Waals surface area (Å²) >= 11 is 0. The summed E-state index contributed by atoms with van der Waals surface area (Å²) in [7, 11) is -1.59. The van der Waals surface area contributed by atoms with Crippen LogP contribution in [0.25, 0.3) is 21.9 Å². The first-order valence-corrected chi connectivity index (χ1v) is 9.84. The Morgan fingerprint density at radius 3 is 2.53 bits per heavy atom. The predicted molar refractivity (Wildman–Crippen MR) is 80.0 cm³/mol. The van der Waals surface area contributed by atoms with Gasteiger partial charge in [0.15, 0.2) is 5.58 Å². The molecule has 3 aromatic rings. The van der Waals surface area contributed by atoms with Crippen molar-refractivity contribution in [2.75, 3.05) is 0 Å². The molecule has 3 rings (SSSR count). The fourth-order valence-electron chi connectivity index (χ4n) is 2.27. The van der Waals surface area contributed by atoms with Gasteiger partial charge in [-0.15, -0.1) is 0 Å². The van der Waals surface area contributed by atoms with Gasteiger partial charge >= 0.3 is 5.63 Å². The summed E-state index contributed by atoms with van der Waals surface area (Å²) in [6.07, 6.45) is 0. The Balaban J connectivity index is 2.54. The van der Waals surface area contributed by atoms with Crippen molar-refractivity contribution in [2.24, 2.45) is 0 Å². The molecule has 0 saturated heterocycles. The molecule has 4 heteroatoms. The number of furan rings is 1. The second kappa shape index (κ2) is 3.84. The molecule has 0 atom stereocenters. The first kappa shape index (κ1) is 12.2. The van der Waals surface area contributed by atoms with Gasteiger partial charge in [-0.25, -0.2) is 4.79 Å². The number of aryl methyl sites for hydroxylation is 1. The van der Waals surface area contributed by atoms with E-state index < -0.39 is 8.07 Å². The van der Waals surface area contributed by atoms with Crippen molar-refractivity contribution in [3.05, 3.63) is 40.2 Å². The lowest BCUT2D eigenvalue weighted by Gasteiger charge is -2.10. The van der Waals surface area contributed by atoms with E-state index in [-0.39, 0.29) is 5.63 Å². The highest BCUT2D eigenvalue weighted by Gasteiger charge is 2.24. The van der Waals surface area contributed by atoms with Gasteiger partial charge in [-0.3, -0.25) is 0 Å². The lowest BCUT2D eigenvalue weighted by Crippen LogP contribution is -2.36. The standard InChI is InChI=1S/C15H16O3Si/c1-9-6-5-7-11-13(9)14-10(15(16)17-11)8-12(18-14)19(2,3)4/h5-8H,1-4H3. The van der Waals surface area contributed by atoms with E-state index in [1.807, 2.05) is 25.1 Å². The molecule has 0 N–H and O–H groups in total. The van der Waals surface area contributed by atoms with Gasteiger partial charge in [0.05, 0.1) is 10.8 Å². The molecule has 0 fully saturated rings. The van der Waals surface area contributed by atoms with Gasteiger partial charge in [-0.2, -0.15) is 0 Å². The summed E-state index contributed by atoms with van der Waals surface area (Å²) in [4.78, 5) is 12.0. The van der Waals surface area contributed by atoms with Crippen LogP contribution in [0.2, 0.25) is 19.6 Å². The molecular weight excluding hydrogens is 256 g/mol. The van der Waals surface area contributed by atoms with Crippen LogP contribution >= 0.6 is 0 Å². The van der Waals surface area contributed by atoms with Crippen molar-refractivity contribution in [3.63, 3.8) is 0 Å². The minimum atomic E-state index is -1.59. The zero-order chi connectivity index (χ0) is 13.8. The molecule has 0 unspecified atom stereocenters. The van der Waals surface area contributed by atoms with Crippen LogP contribution in [0.3, 0.4) is 0 Å². The van der Waals surface area contributed by atoms with Crippen molar-refractivity contribution >= 4 is 35.4 Å². The van der Waals surface area contributed by atoms with Gasteiger partial charge in [0.1, 0.15) is 19.0 Å². The van der Waals surface area contributed by atoms with E-state index in [1.165, 1.54) is 0 Å². The topological polar surface area (TPSA) is 43.4 Å². The quantitative estimate of drug-likeness (QED) is 0.504. The highest BCUT2D eigenvalue weighted by Crippen LogP contribution is 2.26. The number of fused-ring (bicyclic) bond motifs is 3. The number of hydrogen-bond acceptors (Lipinski definition) is 3. The van der Waals surface area contributed by atoms with E-state index in [0.29, 0.717) is 16.6 Å². The molecule has 0 aliphatic heterocycles. The Labute approximate surface area is 111 Å². The molecule has 0 spiro atoms. The second-order valence-electron chi connectivity index (χ2n) is 5.94. The van der Waals surface area contributed by atoms with E-state index in [4.69, 9.17) is 8.83 Å². The van der Waals surface area contributed by atoms with Gasteiger partial charge in [0.2, 0.25) is 0 Å². The molecule has 0 bridgehead atoms. The molecular formula is C15H16O3Si. The van der Waals surface area contributed by atoms with Gasteiger partial charge in [0, 0.05) is 0 Å². The summed E-state index contributed by atoms with van der Waals surface area (Å²) in [6, 6.07) is 7.55. The highest BCUT2D eigenvalue weighted by molar-refractivity contribution is 6.87. The minimum absolute atomic E-state index is 0.318. The smallest absolute Gasteiger partial charge is 0.347 e. The van der Waals surface area contributed by atoms with Crippen LogP contribution in [-0.4, -0.2) is 8.07 Å². The fourth-order valence-corrected chi connectivity index (χ4v) is 3.26. The summed E-state index contributed by atoms with van der Waals surface area (Å²) in [5.74, 6) is 0. The number of hydrogen-bond donors (Lipinski definition) is 0. The zero-order valence-electron chi connectivity index (χ0n) is 11.5. The third-order valence-electron chi connectivity index (χ3n) is 3.36. The maximum atomic E-state index is 12.0. The molecule has 0 amide bonds. The normalized spacial score (nSPS) is 12.4. The molecule has 3 nitrogen and oxygen atoms in total.